The van der Waals surface area contributed by atoms with Crippen LogP contribution in [0.4, 0.5) is 0 Å². The van der Waals surface area contributed by atoms with Crippen LogP contribution in [0.15, 0.2) is 47.2 Å². The largest absolute Gasteiger partial charge is 0.490 e. The molecule has 29 heavy (non-hydrogen) atoms. The van der Waals surface area contributed by atoms with Gasteiger partial charge in [0.05, 0.1) is 12.2 Å². The molecule has 1 aromatic carbocycles. The predicted octanol–water partition coefficient (Wildman–Crippen LogP) is 5.44. The van der Waals surface area contributed by atoms with E-state index in [1.165, 1.54) is 25.7 Å². The van der Waals surface area contributed by atoms with Crippen molar-refractivity contribution in [2.75, 3.05) is 0 Å². The highest BCUT2D eigenvalue weighted by molar-refractivity contribution is 5.62. The minimum Gasteiger partial charge on any atom is -0.490 e. The quantitative estimate of drug-likeness (QED) is 0.557. The number of pyridine rings is 1. The Morgan fingerprint density at radius 3 is 1.93 bits per heavy atom. The third-order valence-corrected chi connectivity index (χ3v) is 5.70. The molecule has 2 aromatic heterocycles. The Bertz CT molecular complexity index is 909. The maximum absolute atomic E-state index is 6.26. The molecule has 0 spiro atoms. The van der Waals surface area contributed by atoms with Gasteiger partial charge in [-0.05, 0) is 75.6 Å². The van der Waals surface area contributed by atoms with E-state index < -0.39 is 0 Å². The molecule has 0 unspecified atom stereocenters. The van der Waals surface area contributed by atoms with E-state index in [0.717, 1.165) is 48.3 Å². The van der Waals surface area contributed by atoms with Gasteiger partial charge in [-0.2, -0.15) is 4.98 Å². The van der Waals surface area contributed by atoms with E-state index in [2.05, 4.69) is 15.1 Å². The van der Waals surface area contributed by atoms with Crippen LogP contribution in [-0.2, 0) is 0 Å². The highest BCUT2D eigenvalue weighted by atomic mass is 16.5. The molecule has 6 nitrogen and oxygen atoms in total. The second-order valence-corrected chi connectivity index (χ2v) is 7.90. The first-order valence-electron chi connectivity index (χ1n) is 10.6. The van der Waals surface area contributed by atoms with Gasteiger partial charge in [-0.3, -0.25) is 4.98 Å². The lowest BCUT2D eigenvalue weighted by molar-refractivity contribution is 0.198. The minimum absolute atomic E-state index is 0.277. The lowest BCUT2D eigenvalue weighted by atomic mass is 10.2. The van der Waals surface area contributed by atoms with Crippen molar-refractivity contribution in [3.8, 4) is 34.3 Å². The molecule has 2 aliphatic carbocycles. The van der Waals surface area contributed by atoms with Crippen LogP contribution < -0.4 is 9.47 Å². The number of benzene rings is 1. The topological polar surface area (TPSA) is 70.3 Å². The normalized spacial score (nSPS) is 17.7. The molecule has 0 amide bonds. The standard InChI is InChI=1S/C23H25N3O3/c1-2-6-18(5-1)27-20-13-17(14-21(15-20)28-19-7-3-4-8-19)23-25-22(26-29-23)16-9-11-24-12-10-16/h9-15,18-19H,1-8H2. The zero-order valence-electron chi connectivity index (χ0n) is 16.4. The molecule has 0 aliphatic heterocycles. The second-order valence-electron chi connectivity index (χ2n) is 7.90. The molecule has 0 atom stereocenters. The summed E-state index contributed by atoms with van der Waals surface area (Å²) in [5, 5.41) is 4.13. The molecule has 2 fully saturated rings. The first-order chi connectivity index (χ1) is 14.3. The van der Waals surface area contributed by atoms with Gasteiger partial charge in [-0.1, -0.05) is 5.16 Å². The van der Waals surface area contributed by atoms with Crippen LogP contribution >= 0.6 is 0 Å². The van der Waals surface area contributed by atoms with E-state index in [0.29, 0.717) is 11.7 Å². The monoisotopic (exact) mass is 391 g/mol. The van der Waals surface area contributed by atoms with E-state index in [4.69, 9.17) is 14.0 Å². The number of rotatable bonds is 6. The van der Waals surface area contributed by atoms with Crippen molar-refractivity contribution in [1.29, 1.82) is 0 Å². The fourth-order valence-corrected chi connectivity index (χ4v) is 4.19. The van der Waals surface area contributed by atoms with Crippen LogP contribution in [0.3, 0.4) is 0 Å². The van der Waals surface area contributed by atoms with Gasteiger partial charge in [0.1, 0.15) is 11.5 Å². The van der Waals surface area contributed by atoms with Gasteiger partial charge in [-0.15, -0.1) is 0 Å². The Balaban J connectivity index is 1.44. The number of nitrogens with zero attached hydrogens (tertiary/aromatic N) is 3. The van der Waals surface area contributed by atoms with Gasteiger partial charge in [0.15, 0.2) is 0 Å². The maximum Gasteiger partial charge on any atom is 0.258 e. The average molecular weight is 391 g/mol. The summed E-state index contributed by atoms with van der Waals surface area (Å²) < 4.78 is 18.1. The smallest absolute Gasteiger partial charge is 0.258 e. The van der Waals surface area contributed by atoms with Crippen LogP contribution in [0.2, 0.25) is 0 Å². The van der Waals surface area contributed by atoms with E-state index in [1.54, 1.807) is 12.4 Å². The SMILES string of the molecule is c1cc(-c2noc(-c3cc(OC4CCCC4)cc(OC4CCCC4)c3)n2)ccn1. The molecule has 2 saturated carbocycles. The zero-order valence-corrected chi connectivity index (χ0v) is 16.4. The second kappa shape index (κ2) is 8.23. The molecule has 0 N–H and O–H groups in total. The number of hydrogen-bond donors (Lipinski definition) is 0. The van der Waals surface area contributed by atoms with Crippen LogP contribution in [-0.4, -0.2) is 27.3 Å². The first kappa shape index (κ1) is 18.2. The van der Waals surface area contributed by atoms with Gasteiger partial charge in [0.2, 0.25) is 5.82 Å². The number of ether oxygens (including phenoxy) is 2. The van der Waals surface area contributed by atoms with Crippen molar-refractivity contribution in [2.45, 2.75) is 63.6 Å². The summed E-state index contributed by atoms with van der Waals surface area (Å²) in [4.78, 5) is 8.62. The summed E-state index contributed by atoms with van der Waals surface area (Å²) >= 11 is 0. The third kappa shape index (κ3) is 4.26. The predicted molar refractivity (Wildman–Crippen MR) is 109 cm³/mol. The first-order valence-corrected chi connectivity index (χ1v) is 10.6. The van der Waals surface area contributed by atoms with Crippen molar-refractivity contribution >= 4 is 0 Å². The molecular formula is C23H25N3O3. The third-order valence-electron chi connectivity index (χ3n) is 5.70. The van der Waals surface area contributed by atoms with Crippen molar-refractivity contribution in [3.05, 3.63) is 42.7 Å². The number of hydrogen-bond acceptors (Lipinski definition) is 6. The summed E-state index contributed by atoms with van der Waals surface area (Å²) in [6, 6.07) is 9.68. The molecule has 3 aromatic rings. The highest BCUT2D eigenvalue weighted by Crippen LogP contribution is 2.34. The Hall–Kier alpha value is -2.89. The molecular weight excluding hydrogens is 366 g/mol. The number of aromatic nitrogens is 3. The van der Waals surface area contributed by atoms with Gasteiger partial charge < -0.3 is 14.0 Å². The summed E-state index contributed by atoms with van der Waals surface area (Å²) in [7, 11) is 0. The summed E-state index contributed by atoms with van der Waals surface area (Å²) in [6.07, 6.45) is 13.3. The van der Waals surface area contributed by atoms with Crippen molar-refractivity contribution < 1.29 is 14.0 Å². The zero-order chi connectivity index (χ0) is 19.5. The summed E-state index contributed by atoms with van der Waals surface area (Å²) in [5.41, 5.74) is 1.69. The lowest BCUT2D eigenvalue weighted by Crippen LogP contribution is -2.13. The summed E-state index contributed by atoms with van der Waals surface area (Å²) in [6.45, 7) is 0. The van der Waals surface area contributed by atoms with Gasteiger partial charge in [0.25, 0.3) is 5.89 Å². The molecule has 5 rings (SSSR count). The summed E-state index contributed by atoms with van der Waals surface area (Å²) in [5.74, 6) is 2.63. The van der Waals surface area contributed by atoms with Crippen LogP contribution in [0.5, 0.6) is 11.5 Å². The minimum atomic E-state index is 0.277. The Kier molecular flexibility index (Phi) is 5.15. The maximum atomic E-state index is 6.26. The van der Waals surface area contributed by atoms with Gasteiger partial charge in [0, 0.05) is 29.6 Å². The Labute approximate surface area is 170 Å². The molecule has 0 bridgehead atoms. The van der Waals surface area contributed by atoms with E-state index in [1.807, 2.05) is 30.3 Å². The molecule has 2 aliphatic rings. The molecule has 0 radical (unpaired) electrons. The van der Waals surface area contributed by atoms with Crippen LogP contribution in [0.1, 0.15) is 51.4 Å². The Morgan fingerprint density at radius 2 is 1.34 bits per heavy atom. The lowest BCUT2D eigenvalue weighted by Gasteiger charge is -2.17. The van der Waals surface area contributed by atoms with Crippen molar-refractivity contribution in [3.63, 3.8) is 0 Å². The fraction of sp³-hybridized carbons (Fsp3) is 0.435. The molecule has 150 valence electrons. The molecule has 0 saturated heterocycles. The van der Waals surface area contributed by atoms with E-state index >= 15 is 0 Å². The molecule has 2 heterocycles. The van der Waals surface area contributed by atoms with E-state index in [9.17, 15) is 0 Å². The fourth-order valence-electron chi connectivity index (χ4n) is 4.19. The van der Waals surface area contributed by atoms with Crippen molar-refractivity contribution in [2.24, 2.45) is 0 Å². The van der Waals surface area contributed by atoms with Crippen molar-refractivity contribution in [1.82, 2.24) is 15.1 Å². The van der Waals surface area contributed by atoms with Crippen LogP contribution in [0.25, 0.3) is 22.8 Å². The van der Waals surface area contributed by atoms with Gasteiger partial charge >= 0.3 is 0 Å². The Morgan fingerprint density at radius 1 is 0.759 bits per heavy atom. The average Bonchev–Trinajstić information content (AvgIpc) is 3.51. The highest BCUT2D eigenvalue weighted by Gasteiger charge is 2.21. The van der Waals surface area contributed by atoms with E-state index in [-0.39, 0.29) is 12.2 Å². The van der Waals surface area contributed by atoms with Gasteiger partial charge in [-0.25, -0.2) is 0 Å². The van der Waals surface area contributed by atoms with Crippen LogP contribution in [0, 0.1) is 0 Å². The molecule has 6 heteroatoms.